The number of rotatable bonds is 1. The van der Waals surface area contributed by atoms with Crippen LogP contribution in [0.2, 0.25) is 0 Å². The summed E-state index contributed by atoms with van der Waals surface area (Å²) in [5.41, 5.74) is 1.91. The second-order valence-electron chi connectivity index (χ2n) is 2.00. The average molecular weight is 131 g/mol. The van der Waals surface area contributed by atoms with E-state index in [9.17, 15) is 0 Å². The molecule has 0 unspecified atom stereocenters. The minimum absolute atomic E-state index is 0.903. The lowest BCUT2D eigenvalue weighted by atomic mass is 10.2. The third-order valence-corrected chi connectivity index (χ3v) is 1.38. The molecular weight excluding hydrogens is 122 g/mol. The summed E-state index contributed by atoms with van der Waals surface area (Å²) in [4.78, 5) is 4.13. The summed E-state index contributed by atoms with van der Waals surface area (Å²) in [6.45, 7) is 2.04. The lowest BCUT2D eigenvalue weighted by Crippen LogP contribution is -1.89. The Hall–Kier alpha value is -1.29. The monoisotopic (exact) mass is 131 g/mol. The molecular formula is C9H9N. The molecule has 0 saturated heterocycles. The van der Waals surface area contributed by atoms with Gasteiger partial charge in [0.25, 0.3) is 0 Å². The average Bonchev–Trinajstić information content (AvgIpc) is 2.04. The van der Waals surface area contributed by atoms with Crippen LogP contribution in [-0.4, -0.2) is 4.98 Å². The highest BCUT2D eigenvalue weighted by molar-refractivity contribution is 5.35. The van der Waals surface area contributed by atoms with Crippen LogP contribution in [0, 0.1) is 12.3 Å². The molecule has 10 heavy (non-hydrogen) atoms. The largest absolute Gasteiger partial charge is 0.260 e. The second kappa shape index (κ2) is 3.03. The fraction of sp³-hybridized carbons (Fsp3) is 0.222. The number of aromatic nitrogens is 1. The van der Waals surface area contributed by atoms with Crippen molar-refractivity contribution in [3.8, 4) is 12.3 Å². The van der Waals surface area contributed by atoms with Crippen LogP contribution in [0.1, 0.15) is 18.2 Å². The van der Waals surface area contributed by atoms with E-state index in [1.54, 1.807) is 6.20 Å². The van der Waals surface area contributed by atoms with Crippen LogP contribution in [0.4, 0.5) is 0 Å². The molecule has 0 radical (unpaired) electrons. The lowest BCUT2D eigenvalue weighted by molar-refractivity contribution is 1.03. The van der Waals surface area contributed by atoms with Crippen molar-refractivity contribution < 1.29 is 0 Å². The van der Waals surface area contributed by atoms with Crippen molar-refractivity contribution in [1.29, 1.82) is 0 Å². The van der Waals surface area contributed by atoms with Gasteiger partial charge in [-0.2, -0.15) is 0 Å². The summed E-state index contributed by atoms with van der Waals surface area (Å²) in [5, 5.41) is 0. The molecule has 0 amide bonds. The van der Waals surface area contributed by atoms with Gasteiger partial charge in [0.05, 0.1) is 5.69 Å². The van der Waals surface area contributed by atoms with Crippen LogP contribution < -0.4 is 0 Å². The highest BCUT2D eigenvalue weighted by atomic mass is 14.7. The van der Waals surface area contributed by atoms with Crippen molar-refractivity contribution >= 4 is 0 Å². The topological polar surface area (TPSA) is 12.9 Å². The third kappa shape index (κ3) is 1.16. The van der Waals surface area contributed by atoms with Crippen molar-refractivity contribution in [3.05, 3.63) is 29.6 Å². The van der Waals surface area contributed by atoms with Gasteiger partial charge in [-0.3, -0.25) is 4.98 Å². The molecule has 1 heterocycles. The predicted molar refractivity (Wildman–Crippen MR) is 41.6 cm³/mol. The van der Waals surface area contributed by atoms with Gasteiger partial charge in [0, 0.05) is 11.8 Å². The smallest absolute Gasteiger partial charge is 0.0556 e. The van der Waals surface area contributed by atoms with Crippen LogP contribution in [0.3, 0.4) is 0 Å². The van der Waals surface area contributed by atoms with Gasteiger partial charge in [-0.1, -0.05) is 12.8 Å². The first kappa shape index (κ1) is 6.82. The number of pyridine rings is 1. The van der Waals surface area contributed by atoms with Crippen LogP contribution in [0.25, 0.3) is 0 Å². The Kier molecular flexibility index (Phi) is 2.07. The van der Waals surface area contributed by atoms with E-state index in [1.165, 1.54) is 0 Å². The first-order chi connectivity index (χ1) is 4.88. The molecule has 0 aliphatic rings. The molecule has 0 bridgehead atoms. The van der Waals surface area contributed by atoms with Gasteiger partial charge < -0.3 is 0 Å². The minimum Gasteiger partial charge on any atom is -0.260 e. The summed E-state index contributed by atoms with van der Waals surface area (Å²) < 4.78 is 0. The van der Waals surface area contributed by atoms with Gasteiger partial charge in [-0.25, -0.2) is 0 Å². The van der Waals surface area contributed by atoms with E-state index in [1.807, 2.05) is 19.1 Å². The maximum Gasteiger partial charge on any atom is 0.0556 e. The summed E-state index contributed by atoms with van der Waals surface area (Å²) in [6.07, 6.45) is 7.90. The standard InChI is InChI=1S/C9H9N/c1-3-8-6-5-7-10-9(8)4-2/h1,5-7H,4H2,2H3. The molecule has 0 spiro atoms. The molecule has 0 fully saturated rings. The Morgan fingerprint density at radius 2 is 2.50 bits per heavy atom. The number of terminal acetylenes is 1. The number of hydrogen-bond donors (Lipinski definition) is 0. The molecule has 1 rings (SSSR count). The van der Waals surface area contributed by atoms with Crippen molar-refractivity contribution in [2.24, 2.45) is 0 Å². The fourth-order valence-corrected chi connectivity index (χ4v) is 0.851. The molecule has 0 aromatic carbocycles. The molecule has 1 heteroatoms. The van der Waals surface area contributed by atoms with Crippen LogP contribution in [0.5, 0.6) is 0 Å². The Balaban J connectivity index is 3.12. The lowest BCUT2D eigenvalue weighted by Gasteiger charge is -1.96. The Bertz CT molecular complexity index is 258. The third-order valence-electron chi connectivity index (χ3n) is 1.38. The molecule has 1 nitrogen and oxygen atoms in total. The molecule has 0 aliphatic carbocycles. The second-order valence-corrected chi connectivity index (χ2v) is 2.00. The van der Waals surface area contributed by atoms with E-state index >= 15 is 0 Å². The predicted octanol–water partition coefficient (Wildman–Crippen LogP) is 1.63. The Labute approximate surface area is 61.1 Å². The number of nitrogens with zero attached hydrogens (tertiary/aromatic N) is 1. The summed E-state index contributed by atoms with van der Waals surface area (Å²) >= 11 is 0. The summed E-state index contributed by atoms with van der Waals surface area (Å²) in [7, 11) is 0. The molecule has 0 aliphatic heterocycles. The van der Waals surface area contributed by atoms with E-state index in [-0.39, 0.29) is 0 Å². The van der Waals surface area contributed by atoms with Gasteiger partial charge in [0.15, 0.2) is 0 Å². The van der Waals surface area contributed by atoms with Crippen LogP contribution in [0.15, 0.2) is 18.3 Å². The highest BCUT2D eigenvalue weighted by Crippen LogP contribution is 2.02. The minimum atomic E-state index is 0.903. The normalized spacial score (nSPS) is 8.80. The first-order valence-electron chi connectivity index (χ1n) is 3.29. The van der Waals surface area contributed by atoms with E-state index in [4.69, 9.17) is 6.42 Å². The van der Waals surface area contributed by atoms with Crippen molar-refractivity contribution in [3.63, 3.8) is 0 Å². The quantitative estimate of drug-likeness (QED) is 0.528. The van der Waals surface area contributed by atoms with Gasteiger partial charge in [0.2, 0.25) is 0 Å². The SMILES string of the molecule is C#Cc1cccnc1CC. The van der Waals surface area contributed by atoms with Gasteiger partial charge >= 0.3 is 0 Å². The molecule has 1 aromatic heterocycles. The number of hydrogen-bond acceptors (Lipinski definition) is 1. The zero-order valence-electron chi connectivity index (χ0n) is 5.96. The Morgan fingerprint density at radius 1 is 1.70 bits per heavy atom. The van der Waals surface area contributed by atoms with Crippen molar-refractivity contribution in [1.82, 2.24) is 4.98 Å². The maximum absolute atomic E-state index is 5.24. The van der Waals surface area contributed by atoms with Gasteiger partial charge in [-0.15, -0.1) is 6.42 Å². The van der Waals surface area contributed by atoms with Crippen molar-refractivity contribution in [2.45, 2.75) is 13.3 Å². The zero-order valence-corrected chi connectivity index (χ0v) is 5.96. The molecule has 0 atom stereocenters. The fourth-order valence-electron chi connectivity index (χ4n) is 0.851. The number of aryl methyl sites for hydroxylation is 1. The van der Waals surface area contributed by atoms with Crippen molar-refractivity contribution in [2.75, 3.05) is 0 Å². The highest BCUT2D eigenvalue weighted by Gasteiger charge is 1.94. The zero-order chi connectivity index (χ0) is 7.40. The van der Waals surface area contributed by atoms with E-state index in [2.05, 4.69) is 10.9 Å². The van der Waals surface area contributed by atoms with E-state index in [0.29, 0.717) is 0 Å². The van der Waals surface area contributed by atoms with E-state index < -0.39 is 0 Å². The molecule has 50 valence electrons. The Morgan fingerprint density at radius 3 is 3.00 bits per heavy atom. The maximum atomic E-state index is 5.24. The van der Waals surface area contributed by atoms with Gasteiger partial charge in [-0.05, 0) is 18.6 Å². The van der Waals surface area contributed by atoms with E-state index in [0.717, 1.165) is 17.7 Å². The molecule has 0 saturated carbocycles. The summed E-state index contributed by atoms with van der Waals surface area (Å²) in [6, 6.07) is 3.76. The summed E-state index contributed by atoms with van der Waals surface area (Å²) in [5.74, 6) is 2.58. The van der Waals surface area contributed by atoms with Gasteiger partial charge in [0.1, 0.15) is 0 Å². The van der Waals surface area contributed by atoms with Crippen LogP contribution >= 0.6 is 0 Å². The van der Waals surface area contributed by atoms with Crippen LogP contribution in [-0.2, 0) is 6.42 Å². The molecule has 1 aromatic rings. The first-order valence-corrected chi connectivity index (χ1v) is 3.29. The molecule has 0 N–H and O–H groups in total.